The molecule has 1 heterocycles. The highest BCUT2D eigenvalue weighted by Gasteiger charge is 2.39. The molecule has 0 unspecified atom stereocenters. The lowest BCUT2D eigenvalue weighted by molar-refractivity contribution is -0.160. The number of hydrogen-bond acceptors (Lipinski definition) is 5. The van der Waals surface area contributed by atoms with Crippen LogP contribution >= 0.6 is 0 Å². The van der Waals surface area contributed by atoms with Crippen LogP contribution in [0.4, 0.5) is 4.79 Å². The van der Waals surface area contributed by atoms with Gasteiger partial charge in [-0.2, -0.15) is 0 Å². The molecule has 7 heteroatoms. The zero-order chi connectivity index (χ0) is 23.1. The van der Waals surface area contributed by atoms with E-state index < -0.39 is 23.7 Å². The largest absolute Gasteiger partial charge is 0.459 e. The number of likely N-dealkylation sites (tertiary alicyclic amines) is 1. The van der Waals surface area contributed by atoms with Crippen molar-refractivity contribution in [2.24, 2.45) is 0 Å². The Morgan fingerprint density at radius 2 is 1.66 bits per heavy atom. The SMILES string of the molecule is CC(C)(C)OC(=O)CN1CC[C@@H](c2ccccc2)[C@H](NC(=O)OCc2ccccc2)C1=O. The fraction of sp³-hybridized carbons (Fsp3) is 0.400. The fourth-order valence-corrected chi connectivity index (χ4v) is 3.74. The first-order valence-corrected chi connectivity index (χ1v) is 10.8. The van der Waals surface area contributed by atoms with Crippen LogP contribution in [0.1, 0.15) is 44.2 Å². The highest BCUT2D eigenvalue weighted by Crippen LogP contribution is 2.29. The molecule has 1 aliphatic heterocycles. The molecule has 0 radical (unpaired) electrons. The van der Waals surface area contributed by atoms with E-state index in [9.17, 15) is 14.4 Å². The molecular formula is C25H30N2O5. The number of piperidine rings is 1. The molecule has 1 fully saturated rings. The van der Waals surface area contributed by atoms with Crippen molar-refractivity contribution < 1.29 is 23.9 Å². The summed E-state index contributed by atoms with van der Waals surface area (Å²) in [5.41, 5.74) is 1.16. The summed E-state index contributed by atoms with van der Waals surface area (Å²) in [7, 11) is 0. The van der Waals surface area contributed by atoms with E-state index in [0.29, 0.717) is 13.0 Å². The number of rotatable bonds is 6. The lowest BCUT2D eigenvalue weighted by Crippen LogP contribution is -2.57. The number of hydrogen-bond donors (Lipinski definition) is 1. The normalized spacial score (nSPS) is 18.7. The Bertz CT molecular complexity index is 924. The first-order valence-electron chi connectivity index (χ1n) is 10.8. The van der Waals surface area contributed by atoms with E-state index in [1.807, 2.05) is 60.7 Å². The Morgan fingerprint density at radius 3 is 2.28 bits per heavy atom. The van der Waals surface area contributed by atoms with Crippen LogP contribution in [0.2, 0.25) is 0 Å². The molecule has 0 aliphatic carbocycles. The molecule has 2 aromatic rings. The van der Waals surface area contributed by atoms with Gasteiger partial charge >= 0.3 is 12.1 Å². The van der Waals surface area contributed by atoms with Crippen LogP contribution in [0.15, 0.2) is 60.7 Å². The number of amides is 2. The van der Waals surface area contributed by atoms with E-state index in [0.717, 1.165) is 11.1 Å². The number of ether oxygens (including phenoxy) is 2. The van der Waals surface area contributed by atoms with Gasteiger partial charge in [-0.1, -0.05) is 60.7 Å². The van der Waals surface area contributed by atoms with Crippen molar-refractivity contribution >= 4 is 18.0 Å². The number of esters is 1. The number of benzene rings is 2. The van der Waals surface area contributed by atoms with Gasteiger partial charge in [0.25, 0.3) is 0 Å². The van der Waals surface area contributed by atoms with Gasteiger partial charge in [0, 0.05) is 12.5 Å². The maximum Gasteiger partial charge on any atom is 0.408 e. The van der Waals surface area contributed by atoms with Crippen LogP contribution in [0.25, 0.3) is 0 Å². The Hall–Kier alpha value is -3.35. The van der Waals surface area contributed by atoms with Crippen molar-refractivity contribution in [2.45, 2.75) is 51.4 Å². The molecule has 2 atom stereocenters. The topological polar surface area (TPSA) is 84.9 Å². The molecule has 7 nitrogen and oxygen atoms in total. The van der Waals surface area contributed by atoms with Gasteiger partial charge in [0.15, 0.2) is 0 Å². The molecule has 0 saturated carbocycles. The molecule has 0 bridgehead atoms. The molecule has 1 N–H and O–H groups in total. The summed E-state index contributed by atoms with van der Waals surface area (Å²) in [6.45, 7) is 5.68. The summed E-state index contributed by atoms with van der Waals surface area (Å²) in [6, 6.07) is 18.1. The molecule has 0 spiro atoms. The highest BCUT2D eigenvalue weighted by molar-refractivity contribution is 5.90. The Morgan fingerprint density at radius 1 is 1.03 bits per heavy atom. The minimum absolute atomic E-state index is 0.102. The summed E-state index contributed by atoms with van der Waals surface area (Å²) in [5.74, 6) is -1.02. The molecule has 1 saturated heterocycles. The van der Waals surface area contributed by atoms with E-state index >= 15 is 0 Å². The van der Waals surface area contributed by atoms with Crippen molar-refractivity contribution in [2.75, 3.05) is 13.1 Å². The summed E-state index contributed by atoms with van der Waals surface area (Å²) >= 11 is 0. The lowest BCUT2D eigenvalue weighted by atomic mass is 9.84. The Balaban J connectivity index is 1.71. The zero-order valence-electron chi connectivity index (χ0n) is 18.7. The average Bonchev–Trinajstić information content (AvgIpc) is 2.75. The molecule has 1 aliphatic rings. The predicted octanol–water partition coefficient (Wildman–Crippen LogP) is 3.64. The van der Waals surface area contributed by atoms with Gasteiger partial charge in [0.2, 0.25) is 5.91 Å². The van der Waals surface area contributed by atoms with Crippen LogP contribution in [0.5, 0.6) is 0 Å². The van der Waals surface area contributed by atoms with Crippen molar-refractivity contribution in [3.8, 4) is 0 Å². The quantitative estimate of drug-likeness (QED) is 0.696. The monoisotopic (exact) mass is 438 g/mol. The van der Waals surface area contributed by atoms with Gasteiger partial charge < -0.3 is 19.7 Å². The summed E-state index contributed by atoms with van der Waals surface area (Å²) in [6.07, 6.45) is -0.0745. The third-order valence-electron chi connectivity index (χ3n) is 5.14. The lowest BCUT2D eigenvalue weighted by Gasteiger charge is -2.38. The first-order chi connectivity index (χ1) is 15.2. The first kappa shape index (κ1) is 23.3. The number of carbonyl (C=O) groups excluding carboxylic acids is 3. The van der Waals surface area contributed by atoms with Crippen LogP contribution < -0.4 is 5.32 Å². The van der Waals surface area contributed by atoms with Crippen molar-refractivity contribution in [1.29, 1.82) is 0 Å². The standard InChI is InChI=1S/C25H30N2O5/c1-25(2,3)32-21(28)16-27-15-14-20(19-12-8-5-9-13-19)22(23(27)29)26-24(30)31-17-18-10-6-4-7-11-18/h4-13,20,22H,14-17H2,1-3H3,(H,26,30)/t20-,22-/m0/s1. The minimum atomic E-state index is -0.836. The zero-order valence-corrected chi connectivity index (χ0v) is 18.7. The third-order valence-corrected chi connectivity index (χ3v) is 5.14. The highest BCUT2D eigenvalue weighted by atomic mass is 16.6. The van der Waals surface area contributed by atoms with Gasteiger partial charge in [0.1, 0.15) is 24.8 Å². The summed E-state index contributed by atoms with van der Waals surface area (Å²) in [4.78, 5) is 39.5. The molecule has 3 rings (SSSR count). The Labute approximate surface area is 188 Å². The van der Waals surface area contributed by atoms with Gasteiger partial charge in [0.05, 0.1) is 0 Å². The number of carbonyl (C=O) groups is 3. The van der Waals surface area contributed by atoms with Gasteiger partial charge in [-0.15, -0.1) is 0 Å². The van der Waals surface area contributed by atoms with Crippen LogP contribution in [-0.2, 0) is 25.7 Å². The molecule has 2 aromatic carbocycles. The van der Waals surface area contributed by atoms with Gasteiger partial charge in [-0.3, -0.25) is 9.59 Å². The molecule has 170 valence electrons. The predicted molar refractivity (Wildman–Crippen MR) is 120 cm³/mol. The van der Waals surface area contributed by atoms with Gasteiger partial charge in [-0.25, -0.2) is 4.79 Å². The number of nitrogens with zero attached hydrogens (tertiary/aromatic N) is 1. The van der Waals surface area contributed by atoms with Crippen molar-refractivity contribution in [1.82, 2.24) is 10.2 Å². The van der Waals surface area contributed by atoms with Crippen LogP contribution in [0.3, 0.4) is 0 Å². The van der Waals surface area contributed by atoms with Crippen LogP contribution in [-0.4, -0.2) is 47.6 Å². The number of alkyl carbamates (subject to hydrolysis) is 1. The van der Waals surface area contributed by atoms with E-state index in [1.165, 1.54) is 4.90 Å². The maximum atomic E-state index is 13.3. The summed E-state index contributed by atoms with van der Waals surface area (Å²) in [5, 5.41) is 2.73. The van der Waals surface area contributed by atoms with Crippen LogP contribution in [0, 0.1) is 0 Å². The maximum absolute atomic E-state index is 13.3. The van der Waals surface area contributed by atoms with Gasteiger partial charge in [-0.05, 0) is 38.3 Å². The van der Waals surface area contributed by atoms with E-state index in [2.05, 4.69) is 5.32 Å². The van der Waals surface area contributed by atoms with Crippen molar-refractivity contribution in [3.63, 3.8) is 0 Å². The second kappa shape index (κ2) is 10.3. The van der Waals surface area contributed by atoms with E-state index in [1.54, 1.807) is 20.8 Å². The van der Waals surface area contributed by atoms with E-state index in [4.69, 9.17) is 9.47 Å². The molecule has 2 amide bonds. The second-order valence-corrected chi connectivity index (χ2v) is 8.84. The Kier molecular flexibility index (Phi) is 7.51. The van der Waals surface area contributed by atoms with Crippen molar-refractivity contribution in [3.05, 3.63) is 71.8 Å². The average molecular weight is 439 g/mol. The minimum Gasteiger partial charge on any atom is -0.459 e. The number of nitrogens with one attached hydrogen (secondary N) is 1. The fourth-order valence-electron chi connectivity index (χ4n) is 3.74. The molecular weight excluding hydrogens is 408 g/mol. The smallest absolute Gasteiger partial charge is 0.408 e. The molecule has 32 heavy (non-hydrogen) atoms. The summed E-state index contributed by atoms with van der Waals surface area (Å²) < 4.78 is 10.7. The third kappa shape index (κ3) is 6.57. The second-order valence-electron chi connectivity index (χ2n) is 8.84. The molecule has 0 aromatic heterocycles. The van der Waals surface area contributed by atoms with E-state index in [-0.39, 0.29) is 25.0 Å².